The summed E-state index contributed by atoms with van der Waals surface area (Å²) < 4.78 is 0. The molecule has 3 nitrogen and oxygen atoms in total. The van der Waals surface area contributed by atoms with Gasteiger partial charge in [0, 0.05) is 11.6 Å². The number of hydrogen-bond donors (Lipinski definition) is 2. The monoisotopic (exact) mass is 195 g/mol. The van der Waals surface area contributed by atoms with Gasteiger partial charge in [0.25, 0.3) is 5.56 Å². The molecule has 1 rings (SSSR count). The van der Waals surface area contributed by atoms with E-state index in [1.54, 1.807) is 6.92 Å². The second-order valence-electron chi connectivity index (χ2n) is 1.96. The summed E-state index contributed by atoms with van der Waals surface area (Å²) >= 11 is 5.50. The summed E-state index contributed by atoms with van der Waals surface area (Å²) in [4.78, 5) is 12.9. The molecule has 1 heterocycles. The minimum Gasteiger partial charge on any atom is -0.507 e. The molecule has 0 radical (unpaired) electrons. The number of pyridine rings is 1. The Balaban J connectivity index is 0.000001000. The molecular weight excluding hydrogens is 189 g/mol. The molecule has 2 N–H and O–H groups in total. The Bertz CT molecular complexity index is 282. The van der Waals surface area contributed by atoms with Crippen LogP contribution in [0.25, 0.3) is 0 Å². The molecule has 0 spiro atoms. The van der Waals surface area contributed by atoms with Crippen molar-refractivity contribution in [2.45, 2.75) is 6.92 Å². The highest BCUT2D eigenvalue weighted by molar-refractivity contribution is 6.30. The van der Waals surface area contributed by atoms with Crippen molar-refractivity contribution in [1.82, 2.24) is 4.98 Å². The van der Waals surface area contributed by atoms with E-state index in [9.17, 15) is 4.79 Å². The van der Waals surface area contributed by atoms with E-state index in [-0.39, 0.29) is 23.3 Å². The molecule has 0 aromatic carbocycles. The predicted octanol–water partition coefficient (Wildman–Crippen LogP) is 1.46. The summed E-state index contributed by atoms with van der Waals surface area (Å²) in [5, 5.41) is 9.16. The van der Waals surface area contributed by atoms with E-state index >= 15 is 0 Å². The first-order valence-electron chi connectivity index (χ1n) is 2.69. The normalized spacial score (nSPS) is 8.91. The summed E-state index contributed by atoms with van der Waals surface area (Å²) in [6, 6.07) is 1.08. The average Bonchev–Trinajstić information content (AvgIpc) is 1.82. The van der Waals surface area contributed by atoms with Gasteiger partial charge < -0.3 is 10.1 Å². The summed E-state index contributed by atoms with van der Waals surface area (Å²) in [5.74, 6) is -0.0752. The number of H-pyrrole nitrogens is 1. The zero-order valence-corrected chi connectivity index (χ0v) is 7.29. The van der Waals surface area contributed by atoms with Crippen molar-refractivity contribution >= 4 is 24.0 Å². The third-order valence-electron chi connectivity index (χ3n) is 1.21. The minimum atomic E-state index is -0.395. The van der Waals surface area contributed by atoms with E-state index < -0.39 is 5.56 Å². The van der Waals surface area contributed by atoms with Gasteiger partial charge >= 0.3 is 0 Å². The zero-order valence-electron chi connectivity index (χ0n) is 5.72. The molecule has 0 aliphatic heterocycles. The van der Waals surface area contributed by atoms with Crippen LogP contribution in [-0.2, 0) is 0 Å². The standard InChI is InChI=1S/C6H6ClNO2.ClH/c1-3-4(9)2-5(10)8-6(3)7;/h2H,1H3,(H2,8,9,10);1H. The Hall–Kier alpha value is -0.670. The Kier molecular flexibility index (Phi) is 3.42. The van der Waals surface area contributed by atoms with E-state index in [0.717, 1.165) is 6.07 Å². The lowest BCUT2D eigenvalue weighted by molar-refractivity contribution is 0.469. The molecule has 11 heavy (non-hydrogen) atoms. The van der Waals surface area contributed by atoms with Gasteiger partial charge in [-0.05, 0) is 6.92 Å². The molecule has 1 aromatic rings. The van der Waals surface area contributed by atoms with E-state index in [4.69, 9.17) is 16.7 Å². The number of hydrogen-bond acceptors (Lipinski definition) is 2. The van der Waals surface area contributed by atoms with Gasteiger partial charge in [0.2, 0.25) is 0 Å². The van der Waals surface area contributed by atoms with Crippen LogP contribution in [0.1, 0.15) is 5.56 Å². The molecule has 0 amide bonds. The van der Waals surface area contributed by atoms with Crippen molar-refractivity contribution in [3.05, 3.63) is 27.1 Å². The molecule has 62 valence electrons. The summed E-state index contributed by atoms with van der Waals surface area (Å²) in [5.41, 5.74) is 0.0920. The topological polar surface area (TPSA) is 53.1 Å². The fourth-order valence-electron chi connectivity index (χ4n) is 0.583. The quantitative estimate of drug-likeness (QED) is 0.617. The van der Waals surface area contributed by atoms with Crippen LogP contribution in [-0.4, -0.2) is 10.1 Å². The zero-order chi connectivity index (χ0) is 7.72. The van der Waals surface area contributed by atoms with Gasteiger partial charge in [-0.15, -0.1) is 12.4 Å². The maximum atomic E-state index is 10.6. The largest absolute Gasteiger partial charge is 0.507 e. The molecule has 0 saturated heterocycles. The first kappa shape index (κ1) is 10.3. The van der Waals surface area contributed by atoms with Crippen LogP contribution in [0.2, 0.25) is 5.15 Å². The molecule has 0 unspecified atom stereocenters. The van der Waals surface area contributed by atoms with Crippen molar-refractivity contribution in [3.63, 3.8) is 0 Å². The second-order valence-corrected chi connectivity index (χ2v) is 2.34. The first-order valence-corrected chi connectivity index (χ1v) is 3.07. The first-order chi connectivity index (χ1) is 4.61. The predicted molar refractivity (Wildman–Crippen MR) is 45.7 cm³/mol. The lowest BCUT2D eigenvalue weighted by Crippen LogP contribution is -2.03. The Morgan fingerprint density at radius 1 is 1.64 bits per heavy atom. The fraction of sp³-hybridized carbons (Fsp3) is 0.167. The molecule has 5 heteroatoms. The van der Waals surface area contributed by atoms with E-state index in [2.05, 4.69) is 4.98 Å². The van der Waals surface area contributed by atoms with Crippen LogP contribution >= 0.6 is 24.0 Å². The molecule has 0 fully saturated rings. The van der Waals surface area contributed by atoms with Crippen molar-refractivity contribution in [2.24, 2.45) is 0 Å². The maximum Gasteiger partial charge on any atom is 0.252 e. The average molecular weight is 196 g/mol. The van der Waals surface area contributed by atoms with Gasteiger partial charge in [0.15, 0.2) is 0 Å². The maximum absolute atomic E-state index is 10.6. The second kappa shape index (κ2) is 3.64. The molecule has 0 saturated carbocycles. The molecule has 0 atom stereocenters. The Labute approximate surface area is 74.4 Å². The minimum absolute atomic E-state index is 0. The van der Waals surface area contributed by atoms with Crippen molar-refractivity contribution in [2.75, 3.05) is 0 Å². The molecule has 0 aliphatic rings. The number of aromatic amines is 1. The van der Waals surface area contributed by atoms with Crippen LogP contribution in [0.3, 0.4) is 0 Å². The number of rotatable bonds is 0. The lowest BCUT2D eigenvalue weighted by Gasteiger charge is -1.97. The third-order valence-corrected chi connectivity index (χ3v) is 1.59. The van der Waals surface area contributed by atoms with Gasteiger partial charge in [0.05, 0.1) is 0 Å². The number of halogens is 2. The summed E-state index contributed by atoms with van der Waals surface area (Å²) in [7, 11) is 0. The molecule has 0 aliphatic carbocycles. The van der Waals surface area contributed by atoms with Crippen LogP contribution < -0.4 is 5.56 Å². The lowest BCUT2D eigenvalue weighted by atomic mass is 10.3. The van der Waals surface area contributed by atoms with Gasteiger partial charge in [-0.3, -0.25) is 4.79 Å². The highest BCUT2D eigenvalue weighted by Gasteiger charge is 2.00. The Morgan fingerprint density at radius 2 is 2.18 bits per heavy atom. The van der Waals surface area contributed by atoms with Gasteiger partial charge in [-0.2, -0.15) is 0 Å². The van der Waals surface area contributed by atoms with E-state index in [0.29, 0.717) is 5.56 Å². The van der Waals surface area contributed by atoms with Crippen LogP contribution in [0.15, 0.2) is 10.9 Å². The van der Waals surface area contributed by atoms with Crippen LogP contribution in [0, 0.1) is 6.92 Å². The van der Waals surface area contributed by atoms with E-state index in [1.807, 2.05) is 0 Å². The van der Waals surface area contributed by atoms with Crippen molar-refractivity contribution in [1.29, 1.82) is 0 Å². The van der Waals surface area contributed by atoms with E-state index in [1.165, 1.54) is 0 Å². The van der Waals surface area contributed by atoms with Crippen LogP contribution in [0.4, 0.5) is 0 Å². The number of aromatic hydroxyl groups is 1. The number of aromatic nitrogens is 1. The third kappa shape index (κ3) is 2.13. The highest BCUT2D eigenvalue weighted by Crippen LogP contribution is 2.18. The fourth-order valence-corrected chi connectivity index (χ4v) is 0.773. The molecular formula is C6H7Cl2NO2. The van der Waals surface area contributed by atoms with Crippen molar-refractivity contribution in [3.8, 4) is 5.75 Å². The van der Waals surface area contributed by atoms with Gasteiger partial charge in [-0.1, -0.05) is 11.6 Å². The van der Waals surface area contributed by atoms with Gasteiger partial charge in [-0.25, -0.2) is 0 Å². The van der Waals surface area contributed by atoms with Crippen LogP contribution in [0.5, 0.6) is 5.75 Å². The SMILES string of the molecule is Cc1c(O)cc(=O)[nH]c1Cl.Cl. The molecule has 0 bridgehead atoms. The molecule has 1 aromatic heterocycles. The van der Waals surface area contributed by atoms with Gasteiger partial charge in [0.1, 0.15) is 10.9 Å². The summed E-state index contributed by atoms with van der Waals surface area (Å²) in [6.45, 7) is 1.62. The Morgan fingerprint density at radius 3 is 2.64 bits per heavy atom. The number of nitrogens with one attached hydrogen (secondary N) is 1. The summed E-state index contributed by atoms with van der Waals surface area (Å²) in [6.07, 6.45) is 0. The highest BCUT2D eigenvalue weighted by atomic mass is 35.5. The smallest absolute Gasteiger partial charge is 0.252 e. The van der Waals surface area contributed by atoms with Crippen molar-refractivity contribution < 1.29 is 5.11 Å².